The molecule has 17 heavy (non-hydrogen) atoms. The van der Waals surface area contributed by atoms with Crippen LogP contribution < -0.4 is 0 Å². The molecule has 1 heterocycles. The van der Waals surface area contributed by atoms with Gasteiger partial charge in [-0.15, -0.1) is 0 Å². The normalized spacial score (nSPS) is 10.6. The number of aryl methyl sites for hydroxylation is 1. The highest BCUT2D eigenvalue weighted by atomic mass is 35.5. The van der Waals surface area contributed by atoms with Crippen LogP contribution in [0.15, 0.2) is 24.3 Å². The third-order valence-electron chi connectivity index (χ3n) is 2.26. The van der Waals surface area contributed by atoms with E-state index in [1.165, 1.54) is 6.07 Å². The molecular weight excluding hydrogens is 259 g/mol. The van der Waals surface area contributed by atoms with E-state index >= 15 is 0 Å². The van der Waals surface area contributed by atoms with Gasteiger partial charge < -0.3 is 0 Å². The van der Waals surface area contributed by atoms with Crippen molar-refractivity contribution in [3.63, 3.8) is 0 Å². The van der Waals surface area contributed by atoms with Crippen molar-refractivity contribution in [1.82, 2.24) is 9.97 Å². The second-order valence-electron chi connectivity index (χ2n) is 3.60. The highest BCUT2D eigenvalue weighted by Crippen LogP contribution is 2.24. The lowest BCUT2D eigenvalue weighted by atomic mass is 10.1. The summed E-state index contributed by atoms with van der Waals surface area (Å²) in [6, 6.07) is 6.36. The Morgan fingerprint density at radius 1 is 1.29 bits per heavy atom. The molecule has 0 unspecified atom stereocenters. The Kier molecular flexibility index (Phi) is 3.64. The van der Waals surface area contributed by atoms with Crippen LogP contribution in [0.1, 0.15) is 11.5 Å². The zero-order chi connectivity index (χ0) is 12.4. The molecule has 0 fully saturated rings. The van der Waals surface area contributed by atoms with Crippen molar-refractivity contribution in [1.29, 1.82) is 0 Å². The Morgan fingerprint density at radius 3 is 2.71 bits per heavy atom. The smallest absolute Gasteiger partial charge is 0.141 e. The molecule has 0 atom stereocenters. The molecule has 0 saturated carbocycles. The van der Waals surface area contributed by atoms with Gasteiger partial charge in [0.15, 0.2) is 0 Å². The van der Waals surface area contributed by atoms with Crippen LogP contribution in [-0.4, -0.2) is 9.97 Å². The molecule has 1 aromatic carbocycles. The first-order chi connectivity index (χ1) is 8.10. The summed E-state index contributed by atoms with van der Waals surface area (Å²) in [5, 5.41) is 0.0891. The van der Waals surface area contributed by atoms with Crippen LogP contribution in [0.2, 0.25) is 5.02 Å². The van der Waals surface area contributed by atoms with Crippen LogP contribution >= 0.6 is 24.2 Å². The molecule has 0 radical (unpaired) electrons. The summed E-state index contributed by atoms with van der Waals surface area (Å²) in [7, 11) is 0. The summed E-state index contributed by atoms with van der Waals surface area (Å²) in [4.78, 5) is 8.55. The molecule has 5 heteroatoms. The lowest BCUT2D eigenvalue weighted by Gasteiger charge is -2.05. The highest BCUT2D eigenvalue weighted by Gasteiger charge is 2.06. The summed E-state index contributed by atoms with van der Waals surface area (Å²) in [6.45, 7) is 1.88. The SMILES string of the molecule is Cc1cc(-c2ccc(F)c(Cl)c2)nc(CS)n1. The summed E-state index contributed by atoms with van der Waals surface area (Å²) in [5.41, 5.74) is 2.34. The highest BCUT2D eigenvalue weighted by molar-refractivity contribution is 7.79. The van der Waals surface area contributed by atoms with Crippen LogP contribution in [-0.2, 0) is 5.75 Å². The number of benzene rings is 1. The Morgan fingerprint density at radius 2 is 2.06 bits per heavy atom. The Balaban J connectivity index is 2.52. The lowest BCUT2D eigenvalue weighted by Crippen LogP contribution is -1.96. The Bertz CT molecular complexity index is 560. The van der Waals surface area contributed by atoms with Crippen molar-refractivity contribution in [3.05, 3.63) is 46.6 Å². The van der Waals surface area contributed by atoms with Crippen LogP contribution in [0.3, 0.4) is 0 Å². The topological polar surface area (TPSA) is 25.8 Å². The van der Waals surface area contributed by atoms with Crippen LogP contribution in [0.25, 0.3) is 11.3 Å². The van der Waals surface area contributed by atoms with Gasteiger partial charge in [-0.25, -0.2) is 14.4 Å². The number of hydrogen-bond donors (Lipinski definition) is 1. The molecule has 1 aromatic heterocycles. The molecule has 0 aliphatic heterocycles. The van der Waals surface area contributed by atoms with Crippen molar-refractivity contribution in [3.8, 4) is 11.3 Å². The van der Waals surface area contributed by atoms with Crippen LogP contribution in [0.5, 0.6) is 0 Å². The molecule has 2 aromatic rings. The van der Waals surface area contributed by atoms with E-state index in [1.54, 1.807) is 12.1 Å². The quantitative estimate of drug-likeness (QED) is 0.841. The van der Waals surface area contributed by atoms with Crippen molar-refractivity contribution >= 4 is 24.2 Å². The fraction of sp³-hybridized carbons (Fsp3) is 0.167. The van der Waals surface area contributed by atoms with Gasteiger partial charge in [0.2, 0.25) is 0 Å². The number of nitrogens with zero attached hydrogens (tertiary/aromatic N) is 2. The number of hydrogen-bond acceptors (Lipinski definition) is 3. The number of aromatic nitrogens is 2. The molecule has 0 N–H and O–H groups in total. The van der Waals surface area contributed by atoms with Gasteiger partial charge in [0, 0.05) is 11.3 Å². The lowest BCUT2D eigenvalue weighted by molar-refractivity contribution is 0.628. The first-order valence-electron chi connectivity index (χ1n) is 5.01. The largest absolute Gasteiger partial charge is 0.237 e. The van der Waals surface area contributed by atoms with E-state index in [0.717, 1.165) is 17.0 Å². The first-order valence-corrected chi connectivity index (χ1v) is 6.02. The number of thiol groups is 1. The maximum Gasteiger partial charge on any atom is 0.141 e. The van der Waals surface area contributed by atoms with Gasteiger partial charge in [-0.1, -0.05) is 11.6 Å². The monoisotopic (exact) mass is 268 g/mol. The number of rotatable bonds is 2. The van der Waals surface area contributed by atoms with E-state index in [1.807, 2.05) is 13.0 Å². The third-order valence-corrected chi connectivity index (χ3v) is 2.83. The summed E-state index contributed by atoms with van der Waals surface area (Å²) in [5.74, 6) is 0.670. The van der Waals surface area contributed by atoms with E-state index in [9.17, 15) is 4.39 Å². The van der Waals surface area contributed by atoms with Crippen molar-refractivity contribution in [2.45, 2.75) is 12.7 Å². The second-order valence-corrected chi connectivity index (χ2v) is 4.32. The fourth-order valence-corrected chi connectivity index (χ4v) is 1.83. The number of halogens is 2. The summed E-state index contributed by atoms with van der Waals surface area (Å²) < 4.78 is 13.1. The molecule has 2 rings (SSSR count). The maximum absolute atomic E-state index is 13.1. The molecule has 0 aliphatic rings. The van der Waals surface area contributed by atoms with E-state index in [4.69, 9.17) is 11.6 Å². The zero-order valence-electron chi connectivity index (χ0n) is 9.11. The molecule has 0 spiro atoms. The van der Waals surface area contributed by atoms with Gasteiger partial charge in [-0.05, 0) is 31.2 Å². The molecule has 0 aliphatic carbocycles. The first kappa shape index (κ1) is 12.3. The molecule has 88 valence electrons. The van der Waals surface area contributed by atoms with Crippen molar-refractivity contribution in [2.24, 2.45) is 0 Å². The van der Waals surface area contributed by atoms with Crippen molar-refractivity contribution in [2.75, 3.05) is 0 Å². The minimum atomic E-state index is -0.435. The van der Waals surface area contributed by atoms with E-state index in [2.05, 4.69) is 22.6 Å². The average Bonchev–Trinajstić information content (AvgIpc) is 2.32. The van der Waals surface area contributed by atoms with Crippen LogP contribution in [0.4, 0.5) is 4.39 Å². The van der Waals surface area contributed by atoms with Gasteiger partial charge in [0.05, 0.1) is 16.5 Å². The van der Waals surface area contributed by atoms with Crippen molar-refractivity contribution < 1.29 is 4.39 Å². The van der Waals surface area contributed by atoms with E-state index < -0.39 is 5.82 Å². The minimum Gasteiger partial charge on any atom is -0.237 e. The maximum atomic E-state index is 13.1. The molecule has 0 saturated heterocycles. The summed E-state index contributed by atoms with van der Waals surface area (Å²) in [6.07, 6.45) is 0. The van der Waals surface area contributed by atoms with E-state index in [0.29, 0.717) is 11.6 Å². The summed E-state index contributed by atoms with van der Waals surface area (Å²) >= 11 is 9.89. The minimum absolute atomic E-state index is 0.0891. The van der Waals surface area contributed by atoms with E-state index in [-0.39, 0.29) is 5.02 Å². The average molecular weight is 269 g/mol. The molecular formula is C12H10ClFN2S. The van der Waals surface area contributed by atoms with Gasteiger partial charge in [0.25, 0.3) is 0 Å². The van der Waals surface area contributed by atoms with Gasteiger partial charge in [-0.3, -0.25) is 0 Å². The van der Waals surface area contributed by atoms with Gasteiger partial charge in [-0.2, -0.15) is 12.6 Å². The molecule has 0 amide bonds. The zero-order valence-corrected chi connectivity index (χ0v) is 10.8. The van der Waals surface area contributed by atoms with Gasteiger partial charge >= 0.3 is 0 Å². The Labute approximate surface area is 109 Å². The Hall–Kier alpha value is -1.13. The standard InChI is InChI=1S/C12H10ClFN2S/c1-7-4-11(16-12(6-17)15-7)8-2-3-10(14)9(13)5-8/h2-5,17H,6H2,1H3. The third kappa shape index (κ3) is 2.76. The second kappa shape index (κ2) is 5.02. The van der Waals surface area contributed by atoms with Crippen LogP contribution in [0, 0.1) is 12.7 Å². The molecule has 2 nitrogen and oxygen atoms in total. The van der Waals surface area contributed by atoms with Gasteiger partial charge in [0.1, 0.15) is 11.6 Å². The fourth-order valence-electron chi connectivity index (χ4n) is 1.50. The molecule has 0 bridgehead atoms. The predicted octanol–water partition coefficient (Wildman–Crippen LogP) is 3.67. The predicted molar refractivity (Wildman–Crippen MR) is 69.9 cm³/mol.